The van der Waals surface area contributed by atoms with Crippen LogP contribution in [0.15, 0.2) is 24.5 Å². The predicted molar refractivity (Wildman–Crippen MR) is 61.4 cm³/mol. The summed E-state index contributed by atoms with van der Waals surface area (Å²) in [5.74, 6) is 0.496. The first kappa shape index (κ1) is 12.1. The molecule has 0 saturated heterocycles. The zero-order valence-electron chi connectivity index (χ0n) is 9.68. The van der Waals surface area contributed by atoms with Crippen LogP contribution in [-0.4, -0.2) is 17.6 Å². The lowest BCUT2D eigenvalue weighted by Crippen LogP contribution is -2.24. The Labute approximate surface area is 91.7 Å². The molecule has 0 amide bonds. The molecule has 0 spiro atoms. The molecule has 3 nitrogen and oxygen atoms in total. The summed E-state index contributed by atoms with van der Waals surface area (Å²) in [6.45, 7) is 6.84. The molecule has 2 N–H and O–H groups in total. The Hall–Kier alpha value is -0.930. The lowest BCUT2D eigenvalue weighted by atomic mass is 10.1. The monoisotopic (exact) mass is 208 g/mol. The number of hydrogen-bond donors (Lipinski definition) is 1. The molecule has 0 aromatic carbocycles. The highest BCUT2D eigenvalue weighted by molar-refractivity contribution is 5.12. The zero-order chi connectivity index (χ0) is 11.3. The van der Waals surface area contributed by atoms with Crippen molar-refractivity contribution >= 4 is 0 Å². The highest BCUT2D eigenvalue weighted by Gasteiger charge is 2.16. The third-order valence-corrected chi connectivity index (χ3v) is 2.59. The van der Waals surface area contributed by atoms with Gasteiger partial charge < -0.3 is 10.5 Å². The van der Waals surface area contributed by atoms with Crippen LogP contribution in [0, 0.1) is 5.92 Å². The van der Waals surface area contributed by atoms with Crippen LogP contribution in [0.25, 0.3) is 0 Å². The van der Waals surface area contributed by atoms with E-state index in [1.54, 1.807) is 6.20 Å². The summed E-state index contributed by atoms with van der Waals surface area (Å²) in [7, 11) is 0. The highest BCUT2D eigenvalue weighted by Crippen LogP contribution is 2.19. The van der Waals surface area contributed by atoms with Gasteiger partial charge in [0.25, 0.3) is 0 Å². The number of pyridine rings is 1. The van der Waals surface area contributed by atoms with E-state index in [0.29, 0.717) is 12.5 Å². The molecule has 0 aliphatic rings. The Balaban J connectivity index is 2.65. The van der Waals surface area contributed by atoms with Crippen molar-refractivity contribution in [1.82, 2.24) is 4.98 Å². The third-order valence-electron chi connectivity index (χ3n) is 2.59. The zero-order valence-corrected chi connectivity index (χ0v) is 9.68. The first-order valence-electron chi connectivity index (χ1n) is 5.40. The number of ether oxygens (including phenoxy) is 1. The van der Waals surface area contributed by atoms with Crippen molar-refractivity contribution in [2.75, 3.05) is 6.54 Å². The Morgan fingerprint density at radius 1 is 1.40 bits per heavy atom. The standard InChI is InChI=1S/C12H20N2O/c1-9(2)10(3)15-12(7-13)11-5-4-6-14-8-11/h4-6,8-10,12H,7,13H2,1-3H3. The van der Waals surface area contributed by atoms with Crippen LogP contribution in [0.1, 0.15) is 32.4 Å². The van der Waals surface area contributed by atoms with Crippen LogP contribution in [0.3, 0.4) is 0 Å². The lowest BCUT2D eigenvalue weighted by molar-refractivity contribution is -0.0222. The average molecular weight is 208 g/mol. The van der Waals surface area contributed by atoms with Gasteiger partial charge in [-0.2, -0.15) is 0 Å². The van der Waals surface area contributed by atoms with Gasteiger partial charge in [0, 0.05) is 24.5 Å². The molecule has 84 valence electrons. The van der Waals surface area contributed by atoms with E-state index in [4.69, 9.17) is 10.5 Å². The van der Waals surface area contributed by atoms with Crippen molar-refractivity contribution in [2.24, 2.45) is 11.7 Å². The van der Waals surface area contributed by atoms with Gasteiger partial charge >= 0.3 is 0 Å². The lowest BCUT2D eigenvalue weighted by Gasteiger charge is -2.23. The minimum absolute atomic E-state index is 0.0453. The van der Waals surface area contributed by atoms with E-state index < -0.39 is 0 Å². The molecule has 2 unspecified atom stereocenters. The molecule has 0 aliphatic heterocycles. The van der Waals surface area contributed by atoms with E-state index in [0.717, 1.165) is 5.56 Å². The summed E-state index contributed by atoms with van der Waals surface area (Å²) < 4.78 is 5.88. The molecule has 15 heavy (non-hydrogen) atoms. The van der Waals surface area contributed by atoms with E-state index in [2.05, 4.69) is 25.8 Å². The van der Waals surface area contributed by atoms with Crippen LogP contribution in [0.5, 0.6) is 0 Å². The molecule has 0 saturated carbocycles. The highest BCUT2D eigenvalue weighted by atomic mass is 16.5. The Morgan fingerprint density at radius 3 is 2.60 bits per heavy atom. The Morgan fingerprint density at radius 2 is 2.13 bits per heavy atom. The summed E-state index contributed by atoms with van der Waals surface area (Å²) in [5.41, 5.74) is 6.75. The average Bonchev–Trinajstić information content (AvgIpc) is 2.26. The van der Waals surface area contributed by atoms with E-state index in [-0.39, 0.29) is 12.2 Å². The molecule has 1 rings (SSSR count). The number of rotatable bonds is 5. The molecule has 1 aromatic rings. The van der Waals surface area contributed by atoms with Gasteiger partial charge in [-0.3, -0.25) is 4.98 Å². The topological polar surface area (TPSA) is 48.1 Å². The van der Waals surface area contributed by atoms with Crippen molar-refractivity contribution in [3.8, 4) is 0 Å². The SMILES string of the molecule is CC(C)C(C)OC(CN)c1cccnc1. The molecule has 0 fully saturated rings. The maximum Gasteiger partial charge on any atom is 0.0965 e. The van der Waals surface area contributed by atoms with E-state index in [9.17, 15) is 0 Å². The summed E-state index contributed by atoms with van der Waals surface area (Å²) >= 11 is 0. The second-order valence-corrected chi connectivity index (χ2v) is 4.10. The van der Waals surface area contributed by atoms with Crippen LogP contribution in [0.2, 0.25) is 0 Å². The van der Waals surface area contributed by atoms with Gasteiger partial charge in [-0.15, -0.1) is 0 Å². The normalized spacial score (nSPS) is 15.3. The molecule has 1 aromatic heterocycles. The number of hydrogen-bond acceptors (Lipinski definition) is 3. The molecule has 1 heterocycles. The smallest absolute Gasteiger partial charge is 0.0965 e. The number of nitrogens with two attached hydrogens (primary N) is 1. The van der Waals surface area contributed by atoms with Gasteiger partial charge in [-0.25, -0.2) is 0 Å². The van der Waals surface area contributed by atoms with Crippen molar-refractivity contribution in [2.45, 2.75) is 33.0 Å². The molecule has 0 radical (unpaired) electrons. The second-order valence-electron chi connectivity index (χ2n) is 4.10. The van der Waals surface area contributed by atoms with Gasteiger partial charge in [0.15, 0.2) is 0 Å². The van der Waals surface area contributed by atoms with Gasteiger partial charge in [0.2, 0.25) is 0 Å². The number of nitrogens with zero attached hydrogens (tertiary/aromatic N) is 1. The van der Waals surface area contributed by atoms with Crippen LogP contribution in [-0.2, 0) is 4.74 Å². The first-order valence-corrected chi connectivity index (χ1v) is 5.40. The maximum atomic E-state index is 5.88. The minimum Gasteiger partial charge on any atom is -0.369 e. The fourth-order valence-corrected chi connectivity index (χ4v) is 1.25. The van der Waals surface area contributed by atoms with E-state index in [1.165, 1.54) is 0 Å². The predicted octanol–water partition coefficient (Wildman–Crippen LogP) is 2.14. The van der Waals surface area contributed by atoms with Gasteiger partial charge in [0.05, 0.1) is 12.2 Å². The van der Waals surface area contributed by atoms with Crippen LogP contribution in [0.4, 0.5) is 0 Å². The summed E-state index contributed by atoms with van der Waals surface area (Å²) in [4.78, 5) is 4.07. The Kier molecular flexibility index (Phi) is 4.72. The van der Waals surface area contributed by atoms with Crippen molar-refractivity contribution < 1.29 is 4.74 Å². The second kappa shape index (κ2) is 5.83. The summed E-state index contributed by atoms with van der Waals surface area (Å²) in [6.07, 6.45) is 3.72. The Bertz CT molecular complexity index is 274. The fourth-order valence-electron chi connectivity index (χ4n) is 1.25. The van der Waals surface area contributed by atoms with Crippen LogP contribution >= 0.6 is 0 Å². The van der Waals surface area contributed by atoms with Crippen molar-refractivity contribution in [3.63, 3.8) is 0 Å². The third kappa shape index (κ3) is 3.61. The maximum absolute atomic E-state index is 5.88. The molecule has 0 aliphatic carbocycles. The molecule has 2 atom stereocenters. The van der Waals surface area contributed by atoms with Gasteiger partial charge in [-0.05, 0) is 18.9 Å². The van der Waals surface area contributed by atoms with Gasteiger partial charge in [0.1, 0.15) is 0 Å². The summed E-state index contributed by atoms with van der Waals surface area (Å²) in [6, 6.07) is 3.90. The molecule has 0 bridgehead atoms. The van der Waals surface area contributed by atoms with E-state index in [1.807, 2.05) is 18.3 Å². The van der Waals surface area contributed by atoms with Crippen molar-refractivity contribution in [3.05, 3.63) is 30.1 Å². The molecule has 3 heteroatoms. The van der Waals surface area contributed by atoms with Crippen molar-refractivity contribution in [1.29, 1.82) is 0 Å². The number of aromatic nitrogens is 1. The largest absolute Gasteiger partial charge is 0.369 e. The quantitative estimate of drug-likeness (QED) is 0.806. The fraction of sp³-hybridized carbons (Fsp3) is 0.583. The van der Waals surface area contributed by atoms with E-state index >= 15 is 0 Å². The van der Waals surface area contributed by atoms with Gasteiger partial charge in [-0.1, -0.05) is 19.9 Å². The minimum atomic E-state index is -0.0453. The summed E-state index contributed by atoms with van der Waals surface area (Å²) in [5, 5.41) is 0. The van der Waals surface area contributed by atoms with Crippen LogP contribution < -0.4 is 5.73 Å². The molecular formula is C12H20N2O. The first-order chi connectivity index (χ1) is 7.15. The molecular weight excluding hydrogens is 188 g/mol.